The third kappa shape index (κ3) is 4.18. The third-order valence-electron chi connectivity index (χ3n) is 4.72. The summed E-state index contributed by atoms with van der Waals surface area (Å²) in [7, 11) is -5.96. The molecule has 0 aromatic carbocycles. The van der Waals surface area contributed by atoms with Crippen molar-refractivity contribution in [1.82, 2.24) is 0 Å². The van der Waals surface area contributed by atoms with E-state index < -0.39 is 25.8 Å². The van der Waals surface area contributed by atoms with Gasteiger partial charge in [-0.25, -0.2) is 16.8 Å². The predicted molar refractivity (Wildman–Crippen MR) is 78.0 cm³/mol. The Hall–Kier alpha value is -0.140. The topological polar surface area (TPSA) is 88.5 Å². The van der Waals surface area contributed by atoms with Crippen molar-refractivity contribution in [1.29, 1.82) is 0 Å². The molecule has 118 valence electrons. The molecule has 1 N–H and O–H groups in total. The van der Waals surface area contributed by atoms with E-state index in [1.165, 1.54) is 6.26 Å². The molecule has 20 heavy (non-hydrogen) atoms. The lowest BCUT2D eigenvalue weighted by molar-refractivity contribution is 0.0660. The maximum absolute atomic E-state index is 11.6. The lowest BCUT2D eigenvalue weighted by Gasteiger charge is -2.32. The highest BCUT2D eigenvalue weighted by Gasteiger charge is 2.35. The molecule has 2 fully saturated rings. The summed E-state index contributed by atoms with van der Waals surface area (Å²) in [6.07, 6.45) is 4.66. The molecule has 1 saturated carbocycles. The van der Waals surface area contributed by atoms with Crippen LogP contribution in [0.3, 0.4) is 0 Å². The van der Waals surface area contributed by atoms with Gasteiger partial charge in [0.15, 0.2) is 9.84 Å². The molecule has 2 rings (SSSR count). The average molecular weight is 324 g/mol. The van der Waals surface area contributed by atoms with Crippen LogP contribution in [0.15, 0.2) is 0 Å². The fourth-order valence-electron chi connectivity index (χ4n) is 3.51. The Morgan fingerprint density at radius 1 is 1.25 bits per heavy atom. The van der Waals surface area contributed by atoms with Crippen LogP contribution in [0.1, 0.15) is 38.5 Å². The van der Waals surface area contributed by atoms with E-state index >= 15 is 0 Å². The van der Waals surface area contributed by atoms with E-state index in [4.69, 9.17) is 0 Å². The fraction of sp³-hybridized carbons (Fsp3) is 1.00. The van der Waals surface area contributed by atoms with E-state index in [-0.39, 0.29) is 28.6 Å². The maximum Gasteiger partial charge on any atom is 0.150 e. The first-order valence-corrected chi connectivity index (χ1v) is 11.0. The molecule has 1 aliphatic heterocycles. The monoisotopic (exact) mass is 324 g/mol. The molecular weight excluding hydrogens is 300 g/mol. The summed E-state index contributed by atoms with van der Waals surface area (Å²) in [5.74, 6) is 0.424. The van der Waals surface area contributed by atoms with Crippen molar-refractivity contribution < 1.29 is 21.9 Å². The Morgan fingerprint density at radius 2 is 1.95 bits per heavy atom. The summed E-state index contributed by atoms with van der Waals surface area (Å²) >= 11 is 0. The summed E-state index contributed by atoms with van der Waals surface area (Å²) in [5, 5.41) is 9.95. The van der Waals surface area contributed by atoms with Crippen LogP contribution in [0.4, 0.5) is 0 Å². The summed E-state index contributed by atoms with van der Waals surface area (Å²) in [6, 6.07) is 0. The van der Waals surface area contributed by atoms with Crippen LogP contribution in [0, 0.1) is 11.8 Å². The summed E-state index contributed by atoms with van der Waals surface area (Å²) in [4.78, 5) is 0. The molecule has 4 unspecified atom stereocenters. The number of aliphatic hydroxyl groups is 1. The van der Waals surface area contributed by atoms with Crippen molar-refractivity contribution in [2.75, 3.05) is 17.8 Å². The maximum atomic E-state index is 11.6. The molecule has 5 nitrogen and oxygen atoms in total. The molecule has 0 amide bonds. The van der Waals surface area contributed by atoms with E-state index in [2.05, 4.69) is 0 Å². The van der Waals surface area contributed by atoms with E-state index in [1.54, 1.807) is 0 Å². The van der Waals surface area contributed by atoms with Crippen molar-refractivity contribution in [3.05, 3.63) is 0 Å². The van der Waals surface area contributed by atoms with Gasteiger partial charge in [-0.05, 0) is 43.9 Å². The SMILES string of the molecule is CS(=O)(=O)C1CCCC(C(O)CC2CCS(=O)(=O)C2)C1. The van der Waals surface area contributed by atoms with Gasteiger partial charge in [-0.1, -0.05) is 6.42 Å². The molecule has 0 spiro atoms. The zero-order chi connectivity index (χ0) is 15.0. The Morgan fingerprint density at radius 3 is 2.50 bits per heavy atom. The minimum Gasteiger partial charge on any atom is -0.393 e. The molecule has 0 aromatic heterocycles. The van der Waals surface area contributed by atoms with E-state index in [9.17, 15) is 21.9 Å². The minimum absolute atomic E-state index is 0.00761. The Labute approximate surface area is 121 Å². The van der Waals surface area contributed by atoms with Gasteiger partial charge in [0.05, 0.1) is 22.9 Å². The van der Waals surface area contributed by atoms with Crippen LogP contribution in [-0.4, -0.2) is 51.1 Å². The van der Waals surface area contributed by atoms with Gasteiger partial charge >= 0.3 is 0 Å². The largest absolute Gasteiger partial charge is 0.393 e. The Bertz CT molecular complexity index is 537. The molecular formula is C13H24O5S2. The number of sulfone groups is 2. The predicted octanol–water partition coefficient (Wildman–Crippen LogP) is 0.776. The molecule has 4 atom stereocenters. The lowest BCUT2D eigenvalue weighted by atomic mass is 9.81. The lowest BCUT2D eigenvalue weighted by Crippen LogP contribution is -2.34. The first-order valence-electron chi connectivity index (χ1n) is 7.25. The average Bonchev–Trinajstić information content (AvgIpc) is 2.68. The molecule has 1 aliphatic carbocycles. The van der Waals surface area contributed by atoms with Crippen molar-refractivity contribution >= 4 is 19.7 Å². The van der Waals surface area contributed by atoms with Crippen molar-refractivity contribution in [2.45, 2.75) is 49.9 Å². The van der Waals surface area contributed by atoms with Gasteiger partial charge in [0.2, 0.25) is 0 Å². The quantitative estimate of drug-likeness (QED) is 0.825. The van der Waals surface area contributed by atoms with Gasteiger partial charge < -0.3 is 5.11 Å². The highest BCUT2D eigenvalue weighted by molar-refractivity contribution is 7.91. The van der Waals surface area contributed by atoms with Crippen LogP contribution in [0.2, 0.25) is 0 Å². The Kier molecular flexibility index (Phi) is 4.81. The minimum atomic E-state index is -3.05. The molecule has 1 saturated heterocycles. The van der Waals surface area contributed by atoms with E-state index in [1.807, 2.05) is 0 Å². The Balaban J connectivity index is 1.91. The fourth-order valence-corrected chi connectivity index (χ4v) is 6.58. The van der Waals surface area contributed by atoms with Gasteiger partial charge in [-0.15, -0.1) is 0 Å². The summed E-state index contributed by atoms with van der Waals surface area (Å²) in [5.41, 5.74) is 0. The van der Waals surface area contributed by atoms with Crippen LogP contribution in [0.5, 0.6) is 0 Å². The highest BCUT2D eigenvalue weighted by atomic mass is 32.2. The van der Waals surface area contributed by atoms with Crippen LogP contribution in [-0.2, 0) is 19.7 Å². The molecule has 2 aliphatic rings. The van der Waals surface area contributed by atoms with Gasteiger partial charge in [0, 0.05) is 6.26 Å². The molecule has 0 aromatic rings. The van der Waals surface area contributed by atoms with E-state index in [0.29, 0.717) is 25.7 Å². The first kappa shape index (κ1) is 16.2. The molecule has 7 heteroatoms. The highest BCUT2D eigenvalue weighted by Crippen LogP contribution is 2.34. The number of hydrogen-bond donors (Lipinski definition) is 1. The van der Waals surface area contributed by atoms with Gasteiger partial charge in [0.25, 0.3) is 0 Å². The van der Waals surface area contributed by atoms with Crippen LogP contribution >= 0.6 is 0 Å². The van der Waals surface area contributed by atoms with Gasteiger partial charge in [-0.3, -0.25) is 0 Å². The molecule has 0 bridgehead atoms. The second-order valence-electron chi connectivity index (χ2n) is 6.45. The second-order valence-corrected chi connectivity index (χ2v) is 11.0. The van der Waals surface area contributed by atoms with Crippen LogP contribution in [0.25, 0.3) is 0 Å². The summed E-state index contributed by atoms with van der Waals surface area (Å²) in [6.45, 7) is 0. The number of hydrogen-bond acceptors (Lipinski definition) is 5. The smallest absolute Gasteiger partial charge is 0.150 e. The van der Waals surface area contributed by atoms with Crippen LogP contribution < -0.4 is 0 Å². The standard InChI is InChI=1S/C13H24O5S2/c1-19(15,16)12-4-2-3-11(8-12)13(14)7-10-5-6-20(17,18)9-10/h10-14H,2-9H2,1H3. The number of rotatable bonds is 4. The molecule has 0 radical (unpaired) electrons. The van der Waals surface area contributed by atoms with Gasteiger partial charge in [-0.2, -0.15) is 0 Å². The van der Waals surface area contributed by atoms with Crippen molar-refractivity contribution in [2.24, 2.45) is 11.8 Å². The third-order valence-corrected chi connectivity index (χ3v) is 8.19. The van der Waals surface area contributed by atoms with E-state index in [0.717, 1.165) is 12.8 Å². The zero-order valence-electron chi connectivity index (χ0n) is 11.9. The zero-order valence-corrected chi connectivity index (χ0v) is 13.5. The van der Waals surface area contributed by atoms with Crippen molar-refractivity contribution in [3.8, 4) is 0 Å². The second kappa shape index (κ2) is 5.93. The normalized spacial score (nSPS) is 35.8. The summed E-state index contributed by atoms with van der Waals surface area (Å²) < 4.78 is 46.1. The van der Waals surface area contributed by atoms with Gasteiger partial charge in [0.1, 0.15) is 9.84 Å². The molecule has 1 heterocycles. The number of aliphatic hydroxyl groups excluding tert-OH is 1. The van der Waals surface area contributed by atoms with Crippen molar-refractivity contribution in [3.63, 3.8) is 0 Å². The first-order chi connectivity index (χ1) is 9.17.